The highest BCUT2D eigenvalue weighted by Crippen LogP contribution is 2.31. The van der Waals surface area contributed by atoms with E-state index in [9.17, 15) is 4.79 Å². The Balaban J connectivity index is 2.33. The lowest BCUT2D eigenvalue weighted by molar-refractivity contribution is 0.182. The lowest BCUT2D eigenvalue weighted by Crippen LogP contribution is -2.40. The maximum Gasteiger partial charge on any atom is 0.317 e. The molecule has 0 fully saturated rings. The van der Waals surface area contributed by atoms with Crippen molar-refractivity contribution in [2.45, 2.75) is 53.0 Å². The maximum absolute atomic E-state index is 13.0. The standard InChI is InChI=1S/C30H44N2O4/c1-7-8-17-32(30(33)31-16-9-18-34-4)22-28-26(20-27(35-5)21-29(28)36-6)15-14-24-10-12-25(13-11-24)19-23(2)3/h10-15,20-21,23H,7-9,16-19,22H2,1-6H3,(H,31,33)/b15-14+. The number of benzene rings is 2. The first-order chi connectivity index (χ1) is 17.4. The molecular weight excluding hydrogens is 452 g/mol. The average Bonchev–Trinajstić information content (AvgIpc) is 2.88. The quantitative estimate of drug-likeness (QED) is 0.228. The molecule has 198 valence electrons. The fraction of sp³-hybridized carbons (Fsp3) is 0.500. The minimum Gasteiger partial charge on any atom is -0.497 e. The molecule has 0 saturated carbocycles. The number of nitrogens with one attached hydrogen (secondary N) is 1. The number of ether oxygens (including phenoxy) is 3. The van der Waals surface area contributed by atoms with Crippen LogP contribution in [0.5, 0.6) is 11.5 Å². The SMILES string of the molecule is CCCCN(Cc1c(/C=C/c2ccc(CC(C)C)cc2)cc(OC)cc1OC)C(=O)NCCCOC. The molecule has 0 atom stereocenters. The van der Waals surface area contributed by atoms with Gasteiger partial charge in [0.25, 0.3) is 0 Å². The van der Waals surface area contributed by atoms with Crippen LogP contribution in [0.3, 0.4) is 0 Å². The van der Waals surface area contributed by atoms with E-state index in [2.05, 4.69) is 62.5 Å². The molecule has 0 aliphatic carbocycles. The topological polar surface area (TPSA) is 60.0 Å². The monoisotopic (exact) mass is 496 g/mol. The number of urea groups is 1. The van der Waals surface area contributed by atoms with Crippen molar-refractivity contribution in [3.05, 3.63) is 58.7 Å². The number of unbranched alkanes of at least 4 members (excludes halogenated alkanes) is 1. The van der Waals surface area contributed by atoms with Crippen LogP contribution in [0.15, 0.2) is 36.4 Å². The van der Waals surface area contributed by atoms with Crippen LogP contribution in [0.25, 0.3) is 12.2 Å². The van der Waals surface area contributed by atoms with Gasteiger partial charge in [0.2, 0.25) is 0 Å². The van der Waals surface area contributed by atoms with Crippen molar-refractivity contribution < 1.29 is 19.0 Å². The summed E-state index contributed by atoms with van der Waals surface area (Å²) in [4.78, 5) is 14.9. The molecule has 0 radical (unpaired) electrons. The first-order valence-electron chi connectivity index (χ1n) is 12.9. The summed E-state index contributed by atoms with van der Waals surface area (Å²) in [6, 6.07) is 12.5. The fourth-order valence-electron chi connectivity index (χ4n) is 4.00. The van der Waals surface area contributed by atoms with E-state index in [4.69, 9.17) is 14.2 Å². The molecule has 2 amide bonds. The third-order valence-corrected chi connectivity index (χ3v) is 5.97. The van der Waals surface area contributed by atoms with Crippen molar-refractivity contribution >= 4 is 18.2 Å². The summed E-state index contributed by atoms with van der Waals surface area (Å²) in [5.41, 5.74) is 4.38. The molecule has 2 aromatic carbocycles. The second-order valence-electron chi connectivity index (χ2n) is 9.42. The number of carbonyl (C=O) groups excluding carboxylic acids is 1. The Hall–Kier alpha value is -2.99. The zero-order valence-corrected chi connectivity index (χ0v) is 22.9. The second kappa shape index (κ2) is 15.9. The Morgan fingerprint density at radius 3 is 2.39 bits per heavy atom. The Kier molecular flexibility index (Phi) is 12.9. The average molecular weight is 497 g/mol. The van der Waals surface area contributed by atoms with Crippen LogP contribution in [0, 0.1) is 5.92 Å². The van der Waals surface area contributed by atoms with Gasteiger partial charge in [0.15, 0.2) is 0 Å². The first kappa shape index (κ1) is 29.2. The summed E-state index contributed by atoms with van der Waals surface area (Å²) in [6.07, 6.45) is 7.96. The molecule has 0 aliphatic heterocycles. The van der Waals surface area contributed by atoms with Gasteiger partial charge >= 0.3 is 6.03 Å². The molecule has 2 aromatic rings. The van der Waals surface area contributed by atoms with Crippen LogP contribution in [0.4, 0.5) is 4.79 Å². The van der Waals surface area contributed by atoms with Crippen LogP contribution in [0.1, 0.15) is 62.3 Å². The van der Waals surface area contributed by atoms with Crippen LogP contribution in [0.2, 0.25) is 0 Å². The Morgan fingerprint density at radius 2 is 1.78 bits per heavy atom. The molecular formula is C30H44N2O4. The van der Waals surface area contributed by atoms with E-state index in [0.717, 1.165) is 42.4 Å². The molecule has 0 aromatic heterocycles. The molecule has 1 N–H and O–H groups in total. The lowest BCUT2D eigenvalue weighted by Gasteiger charge is -2.25. The molecule has 0 heterocycles. The van der Waals surface area contributed by atoms with E-state index < -0.39 is 0 Å². The van der Waals surface area contributed by atoms with Crippen LogP contribution < -0.4 is 14.8 Å². The highest BCUT2D eigenvalue weighted by molar-refractivity contribution is 5.76. The van der Waals surface area contributed by atoms with E-state index in [1.807, 2.05) is 17.0 Å². The molecule has 2 rings (SSSR count). The number of amides is 2. The molecule has 0 saturated heterocycles. The summed E-state index contributed by atoms with van der Waals surface area (Å²) < 4.78 is 16.4. The van der Waals surface area contributed by atoms with Gasteiger partial charge in [-0.05, 0) is 47.9 Å². The van der Waals surface area contributed by atoms with Gasteiger partial charge in [0.05, 0.1) is 20.8 Å². The van der Waals surface area contributed by atoms with Gasteiger partial charge in [-0.3, -0.25) is 0 Å². The Labute approximate surface area is 217 Å². The predicted molar refractivity (Wildman–Crippen MR) is 149 cm³/mol. The minimum atomic E-state index is -0.0758. The van der Waals surface area contributed by atoms with Crippen molar-refractivity contribution in [3.63, 3.8) is 0 Å². The summed E-state index contributed by atoms with van der Waals surface area (Å²) in [6.45, 7) is 8.90. The molecule has 6 nitrogen and oxygen atoms in total. The van der Waals surface area contributed by atoms with Crippen LogP contribution >= 0.6 is 0 Å². The minimum absolute atomic E-state index is 0.0758. The molecule has 36 heavy (non-hydrogen) atoms. The van der Waals surface area contributed by atoms with Gasteiger partial charge in [-0.15, -0.1) is 0 Å². The highest BCUT2D eigenvalue weighted by atomic mass is 16.5. The van der Waals surface area contributed by atoms with Crippen LogP contribution in [-0.2, 0) is 17.7 Å². The molecule has 0 spiro atoms. The highest BCUT2D eigenvalue weighted by Gasteiger charge is 2.19. The summed E-state index contributed by atoms with van der Waals surface area (Å²) in [5.74, 6) is 2.05. The summed E-state index contributed by atoms with van der Waals surface area (Å²) in [5, 5.41) is 3.03. The number of carbonyl (C=O) groups is 1. The molecule has 0 bridgehead atoms. The third-order valence-electron chi connectivity index (χ3n) is 5.97. The van der Waals surface area contributed by atoms with Gasteiger partial charge < -0.3 is 24.4 Å². The van der Waals surface area contributed by atoms with E-state index in [1.54, 1.807) is 21.3 Å². The van der Waals surface area contributed by atoms with Gasteiger partial charge in [-0.1, -0.05) is 63.6 Å². The van der Waals surface area contributed by atoms with E-state index >= 15 is 0 Å². The Morgan fingerprint density at radius 1 is 1.03 bits per heavy atom. The normalized spacial score (nSPS) is 11.2. The summed E-state index contributed by atoms with van der Waals surface area (Å²) in [7, 11) is 4.97. The zero-order chi connectivity index (χ0) is 26.3. The van der Waals surface area contributed by atoms with Crippen LogP contribution in [-0.4, -0.2) is 52.0 Å². The van der Waals surface area contributed by atoms with E-state index in [-0.39, 0.29) is 6.03 Å². The van der Waals surface area contributed by atoms with Gasteiger partial charge in [-0.25, -0.2) is 4.79 Å². The van der Waals surface area contributed by atoms with Crippen molar-refractivity contribution in [2.75, 3.05) is 41.0 Å². The zero-order valence-electron chi connectivity index (χ0n) is 22.9. The molecule has 0 unspecified atom stereocenters. The Bertz CT molecular complexity index is 954. The first-order valence-corrected chi connectivity index (χ1v) is 12.9. The number of hydrogen-bond donors (Lipinski definition) is 1. The number of rotatable bonds is 15. The number of nitrogens with zero attached hydrogens (tertiary/aromatic N) is 1. The van der Waals surface area contributed by atoms with Crippen molar-refractivity contribution in [3.8, 4) is 11.5 Å². The van der Waals surface area contributed by atoms with E-state index in [1.165, 1.54) is 5.56 Å². The van der Waals surface area contributed by atoms with Gasteiger partial charge in [-0.2, -0.15) is 0 Å². The van der Waals surface area contributed by atoms with Gasteiger partial charge in [0, 0.05) is 38.4 Å². The lowest BCUT2D eigenvalue weighted by atomic mass is 10.0. The number of methoxy groups -OCH3 is 3. The fourth-order valence-corrected chi connectivity index (χ4v) is 4.00. The largest absolute Gasteiger partial charge is 0.497 e. The molecule has 6 heteroatoms. The molecule has 0 aliphatic rings. The smallest absolute Gasteiger partial charge is 0.317 e. The van der Waals surface area contributed by atoms with Gasteiger partial charge in [0.1, 0.15) is 11.5 Å². The maximum atomic E-state index is 13.0. The number of hydrogen-bond acceptors (Lipinski definition) is 4. The third kappa shape index (κ3) is 9.57. The van der Waals surface area contributed by atoms with Crippen molar-refractivity contribution in [1.29, 1.82) is 0 Å². The predicted octanol–water partition coefficient (Wildman–Crippen LogP) is 6.42. The second-order valence-corrected chi connectivity index (χ2v) is 9.42. The van der Waals surface area contributed by atoms with Crippen molar-refractivity contribution in [2.24, 2.45) is 5.92 Å². The van der Waals surface area contributed by atoms with Crippen molar-refractivity contribution in [1.82, 2.24) is 10.2 Å². The van der Waals surface area contributed by atoms with E-state index in [0.29, 0.717) is 43.7 Å². The summed E-state index contributed by atoms with van der Waals surface area (Å²) >= 11 is 0.